The van der Waals surface area contributed by atoms with Crippen LogP contribution in [0.2, 0.25) is 0 Å². The second-order valence-corrected chi connectivity index (χ2v) is 5.99. The van der Waals surface area contributed by atoms with Gasteiger partial charge in [0.25, 0.3) is 0 Å². The average Bonchev–Trinajstić information content (AvgIpc) is 2.17. The number of nitrogens with zero attached hydrogens (tertiary/aromatic N) is 1. The third-order valence-electron chi connectivity index (χ3n) is 2.62. The molecule has 0 aromatic carbocycles. The van der Waals surface area contributed by atoms with Crippen molar-refractivity contribution >= 4 is 11.8 Å². The maximum atomic E-state index is 9.51. The van der Waals surface area contributed by atoms with Gasteiger partial charge in [0.05, 0.1) is 5.60 Å². The molecule has 0 aliphatic carbocycles. The van der Waals surface area contributed by atoms with Crippen LogP contribution in [0.25, 0.3) is 0 Å². The first kappa shape index (κ1) is 13.3. The van der Waals surface area contributed by atoms with Crippen LogP contribution >= 0.6 is 11.8 Å². The molecule has 0 aromatic heterocycles. The molecule has 0 aromatic rings. The van der Waals surface area contributed by atoms with Gasteiger partial charge in [0, 0.05) is 37.7 Å². The molecule has 0 atom stereocenters. The molecular weight excluding hydrogens is 208 g/mol. The van der Waals surface area contributed by atoms with E-state index < -0.39 is 5.60 Å². The molecule has 0 spiro atoms. The summed E-state index contributed by atoms with van der Waals surface area (Å²) in [6.45, 7) is 9.28. The Hall–Kier alpha value is 0.230. The van der Waals surface area contributed by atoms with Gasteiger partial charge in [-0.15, -0.1) is 0 Å². The summed E-state index contributed by atoms with van der Waals surface area (Å²) in [5.74, 6) is 2.56. The Bertz CT molecular complexity index is 164. The van der Waals surface area contributed by atoms with Crippen molar-refractivity contribution in [2.45, 2.75) is 25.9 Å². The monoisotopic (exact) mass is 232 g/mol. The summed E-state index contributed by atoms with van der Waals surface area (Å²) in [5.41, 5.74) is -0.533. The number of hydrogen-bond acceptors (Lipinski definition) is 4. The maximum absolute atomic E-state index is 9.51. The highest BCUT2D eigenvalue weighted by molar-refractivity contribution is 7.99. The van der Waals surface area contributed by atoms with E-state index in [4.69, 9.17) is 0 Å². The Balaban J connectivity index is 1.92. The fraction of sp³-hybridized carbons (Fsp3) is 1.00. The standard InChI is InChI=1S/C11H24N2OS/c1-11(2,14)3-4-12-5-6-13-7-9-15-10-8-13/h12,14H,3-10H2,1-2H3. The summed E-state index contributed by atoms with van der Waals surface area (Å²) in [6, 6.07) is 0. The molecule has 1 heterocycles. The Morgan fingerprint density at radius 1 is 1.27 bits per heavy atom. The molecule has 1 saturated heterocycles. The molecular formula is C11H24N2OS. The molecule has 1 aliphatic heterocycles. The third-order valence-corrected chi connectivity index (χ3v) is 3.56. The van der Waals surface area contributed by atoms with Gasteiger partial charge >= 0.3 is 0 Å². The largest absolute Gasteiger partial charge is 0.390 e. The second-order valence-electron chi connectivity index (χ2n) is 4.77. The van der Waals surface area contributed by atoms with E-state index in [9.17, 15) is 5.11 Å². The molecule has 0 radical (unpaired) electrons. The van der Waals surface area contributed by atoms with E-state index in [0.717, 1.165) is 26.1 Å². The lowest BCUT2D eigenvalue weighted by atomic mass is 10.1. The molecule has 90 valence electrons. The number of thioether (sulfide) groups is 1. The normalized spacial score (nSPS) is 19.4. The minimum atomic E-state index is -0.533. The third kappa shape index (κ3) is 7.17. The Labute approximate surface area is 97.6 Å². The lowest BCUT2D eigenvalue weighted by Gasteiger charge is -2.26. The van der Waals surface area contributed by atoms with Crippen LogP contribution in [-0.4, -0.2) is 59.8 Å². The number of nitrogens with one attached hydrogen (secondary N) is 1. The summed E-state index contributed by atoms with van der Waals surface area (Å²) in [4.78, 5) is 2.51. The minimum Gasteiger partial charge on any atom is -0.390 e. The van der Waals surface area contributed by atoms with Crippen molar-refractivity contribution < 1.29 is 5.11 Å². The fourth-order valence-electron chi connectivity index (χ4n) is 1.58. The fourth-order valence-corrected chi connectivity index (χ4v) is 2.56. The molecule has 0 amide bonds. The smallest absolute Gasteiger partial charge is 0.0603 e. The van der Waals surface area contributed by atoms with Crippen LogP contribution in [0.15, 0.2) is 0 Å². The van der Waals surface area contributed by atoms with Crippen molar-refractivity contribution in [3.05, 3.63) is 0 Å². The molecule has 0 saturated carbocycles. The van der Waals surface area contributed by atoms with Crippen molar-refractivity contribution in [2.75, 3.05) is 44.2 Å². The highest BCUT2D eigenvalue weighted by Gasteiger charge is 2.12. The number of rotatable bonds is 6. The van der Waals surface area contributed by atoms with Crippen LogP contribution < -0.4 is 5.32 Å². The first-order valence-corrected chi connectivity index (χ1v) is 6.97. The summed E-state index contributed by atoms with van der Waals surface area (Å²) < 4.78 is 0. The van der Waals surface area contributed by atoms with E-state index in [-0.39, 0.29) is 0 Å². The molecule has 1 rings (SSSR count). The zero-order chi connectivity index (χ0) is 11.1. The van der Waals surface area contributed by atoms with Crippen LogP contribution in [0.3, 0.4) is 0 Å². The van der Waals surface area contributed by atoms with Crippen molar-refractivity contribution in [3.63, 3.8) is 0 Å². The number of hydrogen-bond donors (Lipinski definition) is 2. The first-order valence-electron chi connectivity index (χ1n) is 5.81. The molecule has 0 bridgehead atoms. The summed E-state index contributed by atoms with van der Waals surface area (Å²) in [6.07, 6.45) is 0.822. The van der Waals surface area contributed by atoms with Gasteiger partial charge in [-0.3, -0.25) is 0 Å². The molecule has 1 fully saturated rings. The van der Waals surface area contributed by atoms with Gasteiger partial charge in [-0.05, 0) is 26.8 Å². The molecule has 2 N–H and O–H groups in total. The predicted molar refractivity (Wildman–Crippen MR) is 67.5 cm³/mol. The second kappa shape index (κ2) is 6.74. The number of aliphatic hydroxyl groups is 1. The topological polar surface area (TPSA) is 35.5 Å². The minimum absolute atomic E-state index is 0.533. The lowest BCUT2D eigenvalue weighted by molar-refractivity contribution is 0.0710. The van der Waals surface area contributed by atoms with E-state index >= 15 is 0 Å². The van der Waals surface area contributed by atoms with Gasteiger partial charge in [0.15, 0.2) is 0 Å². The van der Waals surface area contributed by atoms with Crippen molar-refractivity contribution in [1.82, 2.24) is 10.2 Å². The van der Waals surface area contributed by atoms with Gasteiger partial charge in [-0.1, -0.05) is 0 Å². The van der Waals surface area contributed by atoms with E-state index in [1.165, 1.54) is 24.6 Å². The predicted octanol–water partition coefficient (Wildman–Crippen LogP) is 0.786. The van der Waals surface area contributed by atoms with Crippen molar-refractivity contribution in [1.29, 1.82) is 0 Å². The lowest BCUT2D eigenvalue weighted by Crippen LogP contribution is -2.38. The van der Waals surface area contributed by atoms with Crippen LogP contribution in [0.4, 0.5) is 0 Å². The van der Waals surface area contributed by atoms with Crippen LogP contribution in [0, 0.1) is 0 Å². The average molecular weight is 232 g/mol. The Kier molecular flexibility index (Phi) is 5.97. The molecule has 15 heavy (non-hydrogen) atoms. The zero-order valence-electron chi connectivity index (χ0n) is 9.96. The molecule has 1 aliphatic rings. The van der Waals surface area contributed by atoms with Gasteiger partial charge in [0.2, 0.25) is 0 Å². The zero-order valence-corrected chi connectivity index (χ0v) is 10.8. The van der Waals surface area contributed by atoms with E-state index in [1.54, 1.807) is 0 Å². The van der Waals surface area contributed by atoms with E-state index in [1.807, 2.05) is 13.8 Å². The SMILES string of the molecule is CC(C)(O)CCNCCN1CCSCC1. The van der Waals surface area contributed by atoms with Gasteiger partial charge < -0.3 is 15.3 Å². The first-order chi connectivity index (χ1) is 7.08. The van der Waals surface area contributed by atoms with Crippen LogP contribution in [0.5, 0.6) is 0 Å². The van der Waals surface area contributed by atoms with Gasteiger partial charge in [-0.25, -0.2) is 0 Å². The Morgan fingerprint density at radius 3 is 2.53 bits per heavy atom. The van der Waals surface area contributed by atoms with Crippen molar-refractivity contribution in [2.24, 2.45) is 0 Å². The van der Waals surface area contributed by atoms with Crippen molar-refractivity contribution in [3.8, 4) is 0 Å². The van der Waals surface area contributed by atoms with E-state index in [2.05, 4.69) is 22.0 Å². The summed E-state index contributed by atoms with van der Waals surface area (Å²) in [7, 11) is 0. The molecule has 0 unspecified atom stereocenters. The summed E-state index contributed by atoms with van der Waals surface area (Å²) in [5, 5.41) is 12.9. The summed E-state index contributed by atoms with van der Waals surface area (Å²) >= 11 is 2.05. The molecule has 4 heteroatoms. The van der Waals surface area contributed by atoms with Crippen LogP contribution in [0.1, 0.15) is 20.3 Å². The van der Waals surface area contributed by atoms with Crippen LogP contribution in [-0.2, 0) is 0 Å². The van der Waals surface area contributed by atoms with Gasteiger partial charge in [0.1, 0.15) is 0 Å². The highest BCUT2D eigenvalue weighted by atomic mass is 32.2. The highest BCUT2D eigenvalue weighted by Crippen LogP contribution is 2.08. The van der Waals surface area contributed by atoms with E-state index in [0.29, 0.717) is 0 Å². The quantitative estimate of drug-likeness (QED) is 0.664. The molecule has 3 nitrogen and oxygen atoms in total. The van der Waals surface area contributed by atoms with Gasteiger partial charge in [-0.2, -0.15) is 11.8 Å². The maximum Gasteiger partial charge on any atom is 0.0603 e. The Morgan fingerprint density at radius 2 is 1.93 bits per heavy atom.